The van der Waals surface area contributed by atoms with E-state index in [2.05, 4.69) is 0 Å². The SMILES string of the molecule is COC(=O)C(C(C)C)C(O)c1cccc2c1OC(C)(C)C2. The molecule has 2 rings (SSSR count). The first kappa shape index (κ1) is 15.8. The molecule has 0 spiro atoms. The standard InChI is InChI=1S/C17H24O4/c1-10(2)13(16(19)20-5)14(18)12-8-6-7-11-9-17(3,4)21-15(11)12/h6-8,10,13-14,18H,9H2,1-5H3. The molecule has 1 aliphatic heterocycles. The number of ether oxygens (including phenoxy) is 2. The number of fused-ring (bicyclic) bond motifs is 1. The highest BCUT2D eigenvalue weighted by atomic mass is 16.5. The van der Waals surface area contributed by atoms with Crippen molar-refractivity contribution < 1.29 is 19.4 Å². The van der Waals surface area contributed by atoms with Crippen molar-refractivity contribution in [2.24, 2.45) is 11.8 Å². The van der Waals surface area contributed by atoms with Gasteiger partial charge in [0.1, 0.15) is 11.4 Å². The van der Waals surface area contributed by atoms with Gasteiger partial charge in [-0.3, -0.25) is 4.79 Å². The summed E-state index contributed by atoms with van der Waals surface area (Å²) < 4.78 is 10.8. The minimum atomic E-state index is -0.929. The molecule has 0 radical (unpaired) electrons. The second-order valence-electron chi connectivity index (χ2n) is 6.61. The van der Waals surface area contributed by atoms with E-state index in [4.69, 9.17) is 9.47 Å². The van der Waals surface area contributed by atoms with E-state index in [-0.39, 0.29) is 11.5 Å². The van der Waals surface area contributed by atoms with Crippen LogP contribution in [0.5, 0.6) is 5.75 Å². The van der Waals surface area contributed by atoms with Crippen LogP contribution in [0.4, 0.5) is 0 Å². The minimum absolute atomic E-state index is 0.0299. The van der Waals surface area contributed by atoms with Crippen LogP contribution in [-0.4, -0.2) is 23.8 Å². The number of aliphatic hydroxyl groups is 1. The predicted molar refractivity (Wildman–Crippen MR) is 80.2 cm³/mol. The van der Waals surface area contributed by atoms with Gasteiger partial charge in [-0.05, 0) is 25.3 Å². The number of aliphatic hydroxyl groups excluding tert-OH is 1. The Morgan fingerprint density at radius 3 is 2.62 bits per heavy atom. The highest BCUT2D eigenvalue weighted by Crippen LogP contribution is 2.42. The zero-order valence-corrected chi connectivity index (χ0v) is 13.3. The average Bonchev–Trinajstić information content (AvgIpc) is 2.71. The summed E-state index contributed by atoms with van der Waals surface area (Å²) in [7, 11) is 1.35. The Bertz CT molecular complexity index is 534. The number of carbonyl (C=O) groups excluding carboxylic acids is 1. The van der Waals surface area contributed by atoms with Crippen LogP contribution < -0.4 is 4.74 Å². The summed E-state index contributed by atoms with van der Waals surface area (Å²) in [5.74, 6) is -0.316. The molecule has 1 heterocycles. The Kier molecular flexibility index (Phi) is 4.28. The first-order valence-electron chi connectivity index (χ1n) is 7.33. The Morgan fingerprint density at radius 2 is 2.05 bits per heavy atom. The van der Waals surface area contributed by atoms with Gasteiger partial charge >= 0.3 is 5.97 Å². The van der Waals surface area contributed by atoms with E-state index in [1.165, 1.54) is 7.11 Å². The molecule has 2 unspecified atom stereocenters. The van der Waals surface area contributed by atoms with Crippen LogP contribution in [0.3, 0.4) is 0 Å². The summed E-state index contributed by atoms with van der Waals surface area (Å²) in [6.45, 7) is 7.84. The van der Waals surface area contributed by atoms with E-state index in [9.17, 15) is 9.90 Å². The lowest BCUT2D eigenvalue weighted by molar-refractivity contribution is -0.152. The maximum atomic E-state index is 12.0. The van der Waals surface area contributed by atoms with Gasteiger partial charge in [-0.1, -0.05) is 32.0 Å². The van der Waals surface area contributed by atoms with Crippen LogP contribution in [0.25, 0.3) is 0 Å². The number of methoxy groups -OCH3 is 1. The van der Waals surface area contributed by atoms with Crippen LogP contribution in [0.15, 0.2) is 18.2 Å². The Balaban J connectivity index is 2.39. The van der Waals surface area contributed by atoms with Crippen molar-refractivity contribution in [1.82, 2.24) is 0 Å². The number of carbonyl (C=O) groups is 1. The van der Waals surface area contributed by atoms with Crippen molar-refractivity contribution in [3.05, 3.63) is 29.3 Å². The van der Waals surface area contributed by atoms with Crippen molar-refractivity contribution >= 4 is 5.97 Å². The quantitative estimate of drug-likeness (QED) is 0.867. The molecule has 116 valence electrons. The second kappa shape index (κ2) is 5.68. The lowest BCUT2D eigenvalue weighted by Crippen LogP contribution is -2.29. The molecule has 1 aromatic carbocycles. The number of benzene rings is 1. The van der Waals surface area contributed by atoms with Gasteiger partial charge in [0.15, 0.2) is 0 Å². The lowest BCUT2D eigenvalue weighted by atomic mass is 9.85. The summed E-state index contributed by atoms with van der Waals surface area (Å²) >= 11 is 0. The summed E-state index contributed by atoms with van der Waals surface area (Å²) in [4.78, 5) is 12.0. The molecule has 0 amide bonds. The summed E-state index contributed by atoms with van der Waals surface area (Å²) in [5, 5.41) is 10.7. The molecule has 0 saturated heterocycles. The topological polar surface area (TPSA) is 55.8 Å². The zero-order chi connectivity index (χ0) is 15.8. The van der Waals surface area contributed by atoms with Crippen LogP contribution in [0.2, 0.25) is 0 Å². The molecule has 0 fully saturated rings. The molecule has 4 heteroatoms. The number of esters is 1. The van der Waals surface area contributed by atoms with Crippen molar-refractivity contribution in [2.75, 3.05) is 7.11 Å². The Morgan fingerprint density at radius 1 is 1.38 bits per heavy atom. The fourth-order valence-electron chi connectivity index (χ4n) is 2.97. The van der Waals surface area contributed by atoms with Gasteiger partial charge in [0.2, 0.25) is 0 Å². The first-order valence-corrected chi connectivity index (χ1v) is 7.33. The van der Waals surface area contributed by atoms with Gasteiger partial charge < -0.3 is 14.6 Å². The Hall–Kier alpha value is -1.55. The molecule has 0 aliphatic carbocycles. The monoisotopic (exact) mass is 292 g/mol. The maximum absolute atomic E-state index is 12.0. The summed E-state index contributed by atoms with van der Waals surface area (Å²) in [6.07, 6.45) is -0.130. The number of hydrogen-bond acceptors (Lipinski definition) is 4. The number of hydrogen-bond donors (Lipinski definition) is 1. The minimum Gasteiger partial charge on any atom is -0.487 e. The second-order valence-corrected chi connectivity index (χ2v) is 6.61. The smallest absolute Gasteiger partial charge is 0.311 e. The molecule has 0 saturated carbocycles. The molecule has 1 aliphatic rings. The van der Waals surface area contributed by atoms with E-state index >= 15 is 0 Å². The molecular formula is C17H24O4. The first-order chi connectivity index (χ1) is 9.76. The van der Waals surface area contributed by atoms with Gasteiger partial charge in [-0.25, -0.2) is 0 Å². The number of para-hydroxylation sites is 1. The molecule has 21 heavy (non-hydrogen) atoms. The van der Waals surface area contributed by atoms with Crippen molar-refractivity contribution in [1.29, 1.82) is 0 Å². The Labute approximate surface area is 126 Å². The lowest BCUT2D eigenvalue weighted by Gasteiger charge is -2.26. The van der Waals surface area contributed by atoms with Crippen LogP contribution in [0.1, 0.15) is 44.9 Å². The summed E-state index contributed by atoms with van der Waals surface area (Å²) in [5.41, 5.74) is 1.46. The summed E-state index contributed by atoms with van der Waals surface area (Å²) in [6, 6.07) is 5.73. The highest BCUT2D eigenvalue weighted by molar-refractivity contribution is 5.74. The fourth-order valence-corrected chi connectivity index (χ4v) is 2.97. The third-order valence-corrected chi connectivity index (χ3v) is 3.97. The normalized spacial score (nSPS) is 18.8. The third kappa shape index (κ3) is 3.05. The van der Waals surface area contributed by atoms with Crippen LogP contribution >= 0.6 is 0 Å². The van der Waals surface area contributed by atoms with Crippen LogP contribution in [0, 0.1) is 11.8 Å². The van der Waals surface area contributed by atoms with Gasteiger partial charge in [0.05, 0.1) is 19.1 Å². The molecule has 0 aromatic heterocycles. The average molecular weight is 292 g/mol. The van der Waals surface area contributed by atoms with Gasteiger partial charge in [0.25, 0.3) is 0 Å². The van der Waals surface area contributed by atoms with Gasteiger partial charge in [0, 0.05) is 12.0 Å². The molecular weight excluding hydrogens is 268 g/mol. The molecule has 2 atom stereocenters. The zero-order valence-electron chi connectivity index (χ0n) is 13.3. The van der Waals surface area contributed by atoms with Gasteiger partial charge in [-0.2, -0.15) is 0 Å². The third-order valence-electron chi connectivity index (χ3n) is 3.97. The van der Waals surface area contributed by atoms with E-state index in [1.54, 1.807) is 0 Å². The van der Waals surface area contributed by atoms with Crippen molar-refractivity contribution in [3.63, 3.8) is 0 Å². The molecule has 4 nitrogen and oxygen atoms in total. The van der Waals surface area contributed by atoms with Crippen molar-refractivity contribution in [3.8, 4) is 5.75 Å². The molecule has 1 aromatic rings. The highest BCUT2D eigenvalue weighted by Gasteiger charge is 2.38. The van der Waals surface area contributed by atoms with E-state index < -0.39 is 18.0 Å². The largest absolute Gasteiger partial charge is 0.487 e. The maximum Gasteiger partial charge on any atom is 0.311 e. The number of rotatable bonds is 4. The van der Waals surface area contributed by atoms with E-state index in [0.717, 1.165) is 12.0 Å². The predicted octanol–water partition coefficient (Wildman–Crippen LogP) is 2.88. The molecule has 1 N–H and O–H groups in total. The van der Waals surface area contributed by atoms with E-state index in [0.29, 0.717) is 11.3 Å². The van der Waals surface area contributed by atoms with E-state index in [1.807, 2.05) is 45.9 Å². The van der Waals surface area contributed by atoms with Crippen molar-refractivity contribution in [2.45, 2.75) is 45.8 Å². The van der Waals surface area contributed by atoms with Gasteiger partial charge in [-0.15, -0.1) is 0 Å². The molecule has 0 bridgehead atoms. The van der Waals surface area contributed by atoms with Crippen LogP contribution in [-0.2, 0) is 16.0 Å². The fraction of sp³-hybridized carbons (Fsp3) is 0.588.